The number of nitrogens with one attached hydrogen (secondary N) is 2. The third-order valence-electron chi connectivity index (χ3n) is 4.73. The number of amides is 2. The Balaban J connectivity index is 1.76. The maximum Gasteiger partial charge on any atom is 0.262 e. The monoisotopic (exact) mass is 415 g/mol. The first-order valence-electron chi connectivity index (χ1n) is 9.74. The maximum atomic E-state index is 12.8. The fourth-order valence-corrected chi connectivity index (χ4v) is 3.75. The normalized spacial score (nSPS) is 15.3. The van der Waals surface area contributed by atoms with Gasteiger partial charge in [-0.2, -0.15) is 0 Å². The molecule has 154 valence electrons. The van der Waals surface area contributed by atoms with Crippen LogP contribution in [0.15, 0.2) is 36.4 Å². The first kappa shape index (κ1) is 21.0. The van der Waals surface area contributed by atoms with Crippen molar-refractivity contribution >= 4 is 34.8 Å². The molecule has 2 aromatic carbocycles. The smallest absolute Gasteiger partial charge is 0.262 e. The van der Waals surface area contributed by atoms with Crippen molar-refractivity contribution in [3.8, 4) is 5.75 Å². The second kappa shape index (κ2) is 9.18. The Morgan fingerprint density at radius 3 is 2.72 bits per heavy atom. The first-order valence-corrected chi connectivity index (χ1v) is 10.1. The Kier molecular flexibility index (Phi) is 6.64. The molecule has 3 rings (SSSR count). The summed E-state index contributed by atoms with van der Waals surface area (Å²) in [6.07, 6.45) is 0.173. The van der Waals surface area contributed by atoms with E-state index in [4.69, 9.17) is 16.3 Å². The van der Waals surface area contributed by atoms with Crippen LogP contribution in [0.2, 0.25) is 5.02 Å². The van der Waals surface area contributed by atoms with Crippen molar-refractivity contribution in [3.63, 3.8) is 0 Å². The first-order chi connectivity index (χ1) is 13.9. The van der Waals surface area contributed by atoms with Gasteiger partial charge in [0.15, 0.2) is 6.10 Å². The topological polar surface area (TPSA) is 70.7 Å². The highest BCUT2D eigenvalue weighted by atomic mass is 35.5. The van der Waals surface area contributed by atoms with Crippen LogP contribution in [0.4, 0.5) is 11.4 Å². The van der Waals surface area contributed by atoms with Gasteiger partial charge in [0.1, 0.15) is 5.75 Å². The molecule has 0 fully saturated rings. The highest BCUT2D eigenvalue weighted by Gasteiger charge is 2.31. The highest BCUT2D eigenvalue weighted by molar-refractivity contribution is 6.34. The molecule has 0 bridgehead atoms. The molecule has 6 nitrogen and oxygen atoms in total. The lowest BCUT2D eigenvalue weighted by molar-refractivity contribution is -0.128. The summed E-state index contributed by atoms with van der Waals surface area (Å²) in [7, 11) is 0. The summed E-state index contributed by atoms with van der Waals surface area (Å²) in [5.74, 6) is 0.209. The van der Waals surface area contributed by atoms with Crippen molar-refractivity contribution in [2.45, 2.75) is 33.3 Å². The number of halogens is 1. The number of carbonyl (C=O) groups excluding carboxylic acids is 2. The summed E-state index contributed by atoms with van der Waals surface area (Å²) in [6, 6.07) is 11.2. The van der Waals surface area contributed by atoms with E-state index in [0.29, 0.717) is 29.5 Å². The van der Waals surface area contributed by atoms with Crippen LogP contribution in [0.1, 0.15) is 24.5 Å². The molecule has 0 radical (unpaired) electrons. The zero-order chi connectivity index (χ0) is 21.0. The van der Waals surface area contributed by atoms with Crippen LogP contribution in [0.25, 0.3) is 0 Å². The largest absolute Gasteiger partial charge is 0.477 e. The molecule has 0 saturated heterocycles. The van der Waals surface area contributed by atoms with E-state index in [2.05, 4.69) is 10.6 Å². The highest BCUT2D eigenvalue weighted by Crippen LogP contribution is 2.33. The van der Waals surface area contributed by atoms with Crippen molar-refractivity contribution in [1.82, 2.24) is 5.32 Å². The lowest BCUT2D eigenvalue weighted by Crippen LogP contribution is -2.50. The number of anilines is 2. The predicted molar refractivity (Wildman–Crippen MR) is 116 cm³/mol. The summed E-state index contributed by atoms with van der Waals surface area (Å²) >= 11 is 6.31. The number of rotatable bonds is 6. The molecule has 0 aliphatic carbocycles. The van der Waals surface area contributed by atoms with E-state index in [1.807, 2.05) is 56.0 Å². The summed E-state index contributed by atoms with van der Waals surface area (Å²) in [4.78, 5) is 27.1. The molecule has 2 amide bonds. The van der Waals surface area contributed by atoms with Crippen LogP contribution in [0.5, 0.6) is 5.75 Å². The average molecular weight is 416 g/mol. The maximum absolute atomic E-state index is 12.8. The molecule has 0 unspecified atom stereocenters. The Morgan fingerprint density at radius 2 is 2.00 bits per heavy atom. The van der Waals surface area contributed by atoms with E-state index in [1.165, 1.54) is 0 Å². The van der Waals surface area contributed by atoms with E-state index in [1.54, 1.807) is 6.07 Å². The molecule has 2 N–H and O–H groups in total. The van der Waals surface area contributed by atoms with Crippen LogP contribution in [-0.2, 0) is 9.59 Å². The van der Waals surface area contributed by atoms with Crippen molar-refractivity contribution in [1.29, 1.82) is 0 Å². The number of carbonyl (C=O) groups is 2. The average Bonchev–Trinajstić information content (AvgIpc) is 2.68. The number of hydrogen-bond acceptors (Lipinski definition) is 4. The van der Waals surface area contributed by atoms with Gasteiger partial charge in [-0.1, -0.05) is 36.7 Å². The molecular weight excluding hydrogens is 390 g/mol. The number of para-hydroxylation sites is 2. The lowest BCUT2D eigenvalue weighted by Gasteiger charge is -2.35. The molecule has 1 aliphatic rings. The number of aryl methyl sites for hydroxylation is 2. The van der Waals surface area contributed by atoms with Crippen molar-refractivity contribution in [2.75, 3.05) is 29.9 Å². The number of benzene rings is 2. The SMILES string of the molecule is CCCNC(=O)[C@@H]1CN(CC(=O)Nc2c(C)cc(C)cc2Cl)c2ccccc2O1. The van der Waals surface area contributed by atoms with Crippen molar-refractivity contribution < 1.29 is 14.3 Å². The van der Waals surface area contributed by atoms with Gasteiger partial charge in [0.25, 0.3) is 5.91 Å². The van der Waals surface area contributed by atoms with Crippen LogP contribution in [0.3, 0.4) is 0 Å². The summed E-state index contributed by atoms with van der Waals surface area (Å²) in [5.41, 5.74) is 3.34. The minimum absolute atomic E-state index is 0.0849. The van der Waals surface area contributed by atoms with Gasteiger partial charge in [0.2, 0.25) is 5.91 Å². The molecule has 0 spiro atoms. The van der Waals surface area contributed by atoms with Crippen LogP contribution < -0.4 is 20.3 Å². The standard InChI is InChI=1S/C22H26ClN3O3/c1-4-9-24-22(28)19-12-26(17-7-5-6-8-18(17)29-19)13-20(27)25-21-15(3)10-14(2)11-16(21)23/h5-8,10-11,19H,4,9,12-13H2,1-3H3,(H,24,28)(H,25,27)/t19-/m0/s1. The Labute approximate surface area is 176 Å². The van der Waals surface area contributed by atoms with E-state index in [-0.39, 0.29) is 18.4 Å². The van der Waals surface area contributed by atoms with Gasteiger partial charge in [0, 0.05) is 6.54 Å². The Bertz CT molecular complexity index is 893. The zero-order valence-electron chi connectivity index (χ0n) is 16.9. The molecule has 0 saturated carbocycles. The molecule has 29 heavy (non-hydrogen) atoms. The second-order valence-electron chi connectivity index (χ2n) is 7.23. The van der Waals surface area contributed by atoms with E-state index < -0.39 is 6.10 Å². The zero-order valence-corrected chi connectivity index (χ0v) is 17.7. The van der Waals surface area contributed by atoms with E-state index >= 15 is 0 Å². The second-order valence-corrected chi connectivity index (χ2v) is 7.64. The lowest BCUT2D eigenvalue weighted by atomic mass is 10.1. The van der Waals surface area contributed by atoms with Crippen LogP contribution in [0, 0.1) is 13.8 Å². The minimum atomic E-state index is -0.672. The molecule has 1 atom stereocenters. The Morgan fingerprint density at radius 1 is 1.24 bits per heavy atom. The minimum Gasteiger partial charge on any atom is -0.477 e. The predicted octanol–water partition coefficient (Wildman–Crippen LogP) is 3.69. The van der Waals surface area contributed by atoms with Gasteiger partial charge in [-0.3, -0.25) is 9.59 Å². The number of ether oxygens (including phenoxy) is 1. The van der Waals surface area contributed by atoms with Crippen molar-refractivity contribution in [2.24, 2.45) is 0 Å². The van der Waals surface area contributed by atoms with Gasteiger partial charge in [-0.15, -0.1) is 0 Å². The fraction of sp³-hybridized carbons (Fsp3) is 0.364. The van der Waals surface area contributed by atoms with E-state index in [9.17, 15) is 9.59 Å². The summed E-state index contributed by atoms with van der Waals surface area (Å²) in [5, 5.41) is 6.28. The third-order valence-corrected chi connectivity index (χ3v) is 5.03. The molecule has 1 heterocycles. The number of hydrogen-bond donors (Lipinski definition) is 2. The molecular formula is C22H26ClN3O3. The van der Waals surface area contributed by atoms with Gasteiger partial charge in [-0.05, 0) is 49.6 Å². The Hall–Kier alpha value is -2.73. The molecule has 7 heteroatoms. The van der Waals surface area contributed by atoms with Crippen molar-refractivity contribution in [3.05, 3.63) is 52.5 Å². The summed E-state index contributed by atoms with van der Waals surface area (Å²) < 4.78 is 5.87. The fourth-order valence-electron chi connectivity index (χ4n) is 3.38. The van der Waals surface area contributed by atoms with Gasteiger partial charge < -0.3 is 20.3 Å². The molecule has 2 aromatic rings. The van der Waals surface area contributed by atoms with E-state index in [0.717, 1.165) is 23.2 Å². The summed E-state index contributed by atoms with van der Waals surface area (Å²) in [6.45, 7) is 6.83. The third kappa shape index (κ3) is 5.01. The van der Waals surface area contributed by atoms with Crippen LogP contribution in [-0.4, -0.2) is 37.6 Å². The quantitative estimate of drug-likeness (QED) is 0.754. The van der Waals surface area contributed by atoms with Gasteiger partial charge >= 0.3 is 0 Å². The van der Waals surface area contributed by atoms with Crippen LogP contribution >= 0.6 is 11.6 Å². The molecule has 0 aromatic heterocycles. The number of nitrogens with zero attached hydrogens (tertiary/aromatic N) is 1. The van der Waals surface area contributed by atoms with Gasteiger partial charge in [-0.25, -0.2) is 0 Å². The molecule has 1 aliphatic heterocycles. The number of fused-ring (bicyclic) bond motifs is 1. The van der Waals surface area contributed by atoms with Gasteiger partial charge in [0.05, 0.1) is 29.5 Å².